The highest BCUT2D eigenvalue weighted by atomic mass is 19.1. The summed E-state index contributed by atoms with van der Waals surface area (Å²) in [5.74, 6) is -0.221. The molecule has 0 amide bonds. The van der Waals surface area contributed by atoms with Crippen LogP contribution in [-0.2, 0) is 0 Å². The first-order valence-corrected chi connectivity index (χ1v) is 5.68. The number of anilines is 1. The van der Waals surface area contributed by atoms with E-state index in [1.54, 1.807) is 12.1 Å². The third-order valence-electron chi connectivity index (χ3n) is 3.51. The zero-order valence-corrected chi connectivity index (χ0v) is 9.78. The molecule has 1 aliphatic rings. The summed E-state index contributed by atoms with van der Waals surface area (Å²) in [6.07, 6.45) is 0.622. The molecule has 3 heteroatoms. The Morgan fingerprint density at radius 3 is 2.50 bits per heavy atom. The van der Waals surface area contributed by atoms with E-state index in [4.69, 9.17) is 0 Å². The highest BCUT2D eigenvalue weighted by Gasteiger charge is 2.34. The van der Waals surface area contributed by atoms with E-state index in [1.165, 1.54) is 12.1 Å². The number of hydrogen-bond acceptors (Lipinski definition) is 2. The van der Waals surface area contributed by atoms with Gasteiger partial charge in [-0.25, -0.2) is 4.39 Å². The Morgan fingerprint density at radius 1 is 1.31 bits per heavy atom. The summed E-state index contributed by atoms with van der Waals surface area (Å²) in [6.45, 7) is 5.70. The van der Waals surface area contributed by atoms with Crippen LogP contribution in [-0.4, -0.2) is 24.3 Å². The molecule has 0 spiro atoms. The Hall–Kier alpha value is -1.09. The number of aliphatic hydroxyl groups excluding tert-OH is 1. The fourth-order valence-corrected chi connectivity index (χ4v) is 2.02. The van der Waals surface area contributed by atoms with Crippen molar-refractivity contribution in [2.75, 3.05) is 18.0 Å². The number of aliphatic hydroxyl groups is 1. The van der Waals surface area contributed by atoms with Gasteiger partial charge in [-0.05, 0) is 36.1 Å². The maximum atomic E-state index is 12.8. The molecule has 0 aromatic heterocycles. The summed E-state index contributed by atoms with van der Waals surface area (Å²) < 4.78 is 12.8. The molecule has 0 bridgehead atoms. The number of nitrogens with zero attached hydrogens (tertiary/aromatic N) is 1. The van der Waals surface area contributed by atoms with Gasteiger partial charge in [0.2, 0.25) is 0 Å². The van der Waals surface area contributed by atoms with Gasteiger partial charge in [0, 0.05) is 18.8 Å². The minimum Gasteiger partial charge on any atom is -0.391 e. The summed E-state index contributed by atoms with van der Waals surface area (Å²) in [5.41, 5.74) is 0.965. The van der Waals surface area contributed by atoms with Crippen LogP contribution in [0.1, 0.15) is 20.3 Å². The van der Waals surface area contributed by atoms with Crippen molar-refractivity contribution < 1.29 is 9.50 Å². The maximum absolute atomic E-state index is 12.8. The monoisotopic (exact) mass is 223 g/mol. The van der Waals surface area contributed by atoms with Gasteiger partial charge in [0.1, 0.15) is 5.82 Å². The quantitative estimate of drug-likeness (QED) is 0.790. The summed E-state index contributed by atoms with van der Waals surface area (Å²) in [6, 6.07) is 6.45. The van der Waals surface area contributed by atoms with Gasteiger partial charge in [-0.1, -0.05) is 13.8 Å². The summed E-state index contributed by atoms with van der Waals surface area (Å²) >= 11 is 0. The van der Waals surface area contributed by atoms with Gasteiger partial charge in [0.15, 0.2) is 0 Å². The Kier molecular flexibility index (Phi) is 2.89. The van der Waals surface area contributed by atoms with Crippen molar-refractivity contribution in [3.8, 4) is 0 Å². The number of benzene rings is 1. The SMILES string of the molecule is CC1(C)CCN(c2ccc(F)cc2)CC1O. The summed E-state index contributed by atoms with van der Waals surface area (Å²) in [4.78, 5) is 2.11. The standard InChI is InChI=1S/C13H18FNO/c1-13(2)7-8-15(9-12(13)16)11-5-3-10(14)4-6-11/h3-6,12,16H,7-9H2,1-2H3. The first kappa shape index (κ1) is 11.4. The molecule has 1 fully saturated rings. The van der Waals surface area contributed by atoms with Crippen LogP contribution in [0.2, 0.25) is 0 Å². The van der Waals surface area contributed by atoms with Crippen LogP contribution in [0.5, 0.6) is 0 Å². The maximum Gasteiger partial charge on any atom is 0.123 e. The Labute approximate surface area is 95.7 Å². The Balaban J connectivity index is 2.10. The smallest absolute Gasteiger partial charge is 0.123 e. The molecule has 0 radical (unpaired) electrons. The fraction of sp³-hybridized carbons (Fsp3) is 0.538. The molecule has 88 valence electrons. The van der Waals surface area contributed by atoms with Crippen LogP contribution in [0, 0.1) is 11.2 Å². The highest BCUT2D eigenvalue weighted by molar-refractivity contribution is 5.47. The van der Waals surface area contributed by atoms with E-state index in [9.17, 15) is 9.50 Å². The molecule has 1 aromatic rings. The van der Waals surface area contributed by atoms with E-state index < -0.39 is 0 Å². The molecule has 0 aliphatic carbocycles. The minimum absolute atomic E-state index is 0.0173. The molecule has 1 heterocycles. The van der Waals surface area contributed by atoms with Gasteiger partial charge in [-0.15, -0.1) is 0 Å². The fourth-order valence-electron chi connectivity index (χ4n) is 2.02. The van der Waals surface area contributed by atoms with E-state index in [2.05, 4.69) is 18.7 Å². The molecule has 2 rings (SSSR count). The van der Waals surface area contributed by atoms with Crippen LogP contribution < -0.4 is 4.90 Å². The van der Waals surface area contributed by atoms with Crippen molar-refractivity contribution in [2.24, 2.45) is 5.41 Å². The van der Waals surface area contributed by atoms with Gasteiger partial charge < -0.3 is 10.0 Å². The van der Waals surface area contributed by atoms with E-state index >= 15 is 0 Å². The minimum atomic E-state index is -0.327. The Bertz CT molecular complexity index is 361. The third-order valence-corrected chi connectivity index (χ3v) is 3.51. The van der Waals surface area contributed by atoms with Crippen molar-refractivity contribution in [1.82, 2.24) is 0 Å². The molecule has 1 aromatic carbocycles. The van der Waals surface area contributed by atoms with Gasteiger partial charge in [0.05, 0.1) is 6.10 Å². The van der Waals surface area contributed by atoms with Crippen LogP contribution in [0.4, 0.5) is 10.1 Å². The molecule has 1 aliphatic heterocycles. The lowest BCUT2D eigenvalue weighted by molar-refractivity contribution is 0.0351. The van der Waals surface area contributed by atoms with Gasteiger partial charge >= 0.3 is 0 Å². The van der Waals surface area contributed by atoms with Crippen molar-refractivity contribution in [3.63, 3.8) is 0 Å². The highest BCUT2D eigenvalue weighted by Crippen LogP contribution is 2.32. The van der Waals surface area contributed by atoms with Crippen LogP contribution in [0.25, 0.3) is 0 Å². The van der Waals surface area contributed by atoms with Crippen molar-refractivity contribution in [3.05, 3.63) is 30.1 Å². The van der Waals surface area contributed by atoms with Crippen molar-refractivity contribution in [2.45, 2.75) is 26.4 Å². The normalized spacial score (nSPS) is 24.5. The molecule has 1 atom stereocenters. The van der Waals surface area contributed by atoms with Gasteiger partial charge in [0.25, 0.3) is 0 Å². The average Bonchev–Trinajstić information content (AvgIpc) is 2.24. The average molecular weight is 223 g/mol. The molecular weight excluding hydrogens is 205 g/mol. The van der Waals surface area contributed by atoms with Crippen LogP contribution in [0.3, 0.4) is 0 Å². The topological polar surface area (TPSA) is 23.5 Å². The molecule has 16 heavy (non-hydrogen) atoms. The number of piperidine rings is 1. The number of hydrogen-bond donors (Lipinski definition) is 1. The summed E-state index contributed by atoms with van der Waals surface area (Å²) in [7, 11) is 0. The second-order valence-corrected chi connectivity index (χ2v) is 5.18. The third kappa shape index (κ3) is 2.19. The van der Waals surface area contributed by atoms with Crippen LogP contribution >= 0.6 is 0 Å². The summed E-state index contributed by atoms with van der Waals surface area (Å²) in [5, 5.41) is 10.0. The molecule has 2 nitrogen and oxygen atoms in total. The Morgan fingerprint density at radius 2 is 1.94 bits per heavy atom. The molecule has 1 saturated heterocycles. The number of β-amino-alcohol motifs (C(OH)–C–C–N with tert-alkyl or cyclic N) is 1. The predicted molar refractivity (Wildman–Crippen MR) is 63.0 cm³/mol. The largest absolute Gasteiger partial charge is 0.391 e. The first-order chi connectivity index (χ1) is 7.49. The van der Waals surface area contributed by atoms with Crippen molar-refractivity contribution >= 4 is 5.69 Å². The van der Waals surface area contributed by atoms with E-state index in [0.717, 1.165) is 18.7 Å². The molecular formula is C13H18FNO. The van der Waals surface area contributed by atoms with E-state index in [1.807, 2.05) is 0 Å². The number of rotatable bonds is 1. The zero-order chi connectivity index (χ0) is 11.8. The lowest BCUT2D eigenvalue weighted by atomic mass is 9.80. The zero-order valence-electron chi connectivity index (χ0n) is 9.78. The lowest BCUT2D eigenvalue weighted by Gasteiger charge is -2.42. The molecule has 0 saturated carbocycles. The van der Waals surface area contributed by atoms with E-state index in [0.29, 0.717) is 6.54 Å². The van der Waals surface area contributed by atoms with Gasteiger partial charge in [-0.2, -0.15) is 0 Å². The van der Waals surface area contributed by atoms with Gasteiger partial charge in [-0.3, -0.25) is 0 Å². The second kappa shape index (κ2) is 4.06. The second-order valence-electron chi connectivity index (χ2n) is 5.18. The number of halogens is 1. The lowest BCUT2D eigenvalue weighted by Crippen LogP contribution is -2.48. The van der Waals surface area contributed by atoms with Crippen molar-refractivity contribution in [1.29, 1.82) is 0 Å². The first-order valence-electron chi connectivity index (χ1n) is 5.68. The van der Waals surface area contributed by atoms with E-state index in [-0.39, 0.29) is 17.3 Å². The molecule has 1 unspecified atom stereocenters. The predicted octanol–water partition coefficient (Wildman–Crippen LogP) is 2.42. The molecule has 1 N–H and O–H groups in total. The van der Waals surface area contributed by atoms with Crippen LogP contribution in [0.15, 0.2) is 24.3 Å².